The SMILES string of the molecule is O=C(c1ccccc1)c1nnn(-c2ccccc2)c1-c1ccccc1. The van der Waals surface area contributed by atoms with Crippen LogP contribution in [0.2, 0.25) is 0 Å². The van der Waals surface area contributed by atoms with Crippen molar-refractivity contribution in [3.05, 3.63) is 102 Å². The molecule has 0 unspecified atom stereocenters. The number of ketones is 1. The van der Waals surface area contributed by atoms with Gasteiger partial charge in [0.25, 0.3) is 0 Å². The summed E-state index contributed by atoms with van der Waals surface area (Å²) >= 11 is 0. The number of rotatable bonds is 4. The molecule has 0 saturated carbocycles. The number of benzene rings is 3. The minimum absolute atomic E-state index is 0.137. The van der Waals surface area contributed by atoms with Crippen molar-refractivity contribution in [2.24, 2.45) is 0 Å². The van der Waals surface area contributed by atoms with E-state index < -0.39 is 0 Å². The summed E-state index contributed by atoms with van der Waals surface area (Å²) in [5.41, 5.74) is 3.40. The third-order valence-corrected chi connectivity index (χ3v) is 3.97. The summed E-state index contributed by atoms with van der Waals surface area (Å²) in [4.78, 5) is 13.0. The fourth-order valence-corrected chi connectivity index (χ4v) is 2.77. The molecule has 1 heterocycles. The molecule has 0 bridgehead atoms. The number of carbonyl (C=O) groups is 1. The van der Waals surface area contributed by atoms with E-state index >= 15 is 0 Å². The molecule has 0 N–H and O–H groups in total. The second kappa shape index (κ2) is 6.53. The lowest BCUT2D eigenvalue weighted by molar-refractivity contribution is 0.103. The van der Waals surface area contributed by atoms with Crippen LogP contribution in [0.4, 0.5) is 0 Å². The molecular weight excluding hydrogens is 310 g/mol. The molecule has 3 aromatic carbocycles. The van der Waals surface area contributed by atoms with Crippen molar-refractivity contribution >= 4 is 5.78 Å². The summed E-state index contributed by atoms with van der Waals surface area (Å²) < 4.78 is 1.71. The molecule has 0 spiro atoms. The molecule has 4 rings (SSSR count). The zero-order valence-electron chi connectivity index (χ0n) is 13.4. The van der Waals surface area contributed by atoms with Gasteiger partial charge in [0.15, 0.2) is 5.69 Å². The van der Waals surface area contributed by atoms with E-state index in [-0.39, 0.29) is 5.78 Å². The van der Waals surface area contributed by atoms with Crippen molar-refractivity contribution in [1.82, 2.24) is 15.0 Å². The molecule has 0 atom stereocenters. The van der Waals surface area contributed by atoms with E-state index in [2.05, 4.69) is 10.3 Å². The molecule has 0 fully saturated rings. The Bertz CT molecular complexity index is 993. The van der Waals surface area contributed by atoms with Crippen molar-refractivity contribution < 1.29 is 4.79 Å². The van der Waals surface area contributed by atoms with Gasteiger partial charge < -0.3 is 0 Å². The van der Waals surface area contributed by atoms with Crippen molar-refractivity contribution in [2.45, 2.75) is 0 Å². The van der Waals surface area contributed by atoms with Crippen LogP contribution in [-0.4, -0.2) is 20.8 Å². The molecule has 120 valence electrons. The zero-order valence-corrected chi connectivity index (χ0v) is 13.4. The Morgan fingerprint density at radius 2 is 1.28 bits per heavy atom. The highest BCUT2D eigenvalue weighted by atomic mass is 16.1. The van der Waals surface area contributed by atoms with Crippen LogP contribution in [0.5, 0.6) is 0 Å². The van der Waals surface area contributed by atoms with Gasteiger partial charge in [0.05, 0.1) is 5.69 Å². The predicted octanol–water partition coefficient (Wildman–Crippen LogP) is 4.17. The van der Waals surface area contributed by atoms with E-state index in [0.717, 1.165) is 11.3 Å². The highest BCUT2D eigenvalue weighted by molar-refractivity contribution is 6.11. The maximum atomic E-state index is 13.0. The smallest absolute Gasteiger partial charge is 0.215 e. The number of aromatic nitrogens is 3. The molecule has 4 heteroatoms. The molecule has 1 aromatic heterocycles. The second-order valence-electron chi connectivity index (χ2n) is 5.60. The molecule has 4 nitrogen and oxygen atoms in total. The predicted molar refractivity (Wildman–Crippen MR) is 96.7 cm³/mol. The Balaban J connectivity index is 1.91. The van der Waals surface area contributed by atoms with Crippen LogP contribution in [0.1, 0.15) is 16.1 Å². The van der Waals surface area contributed by atoms with E-state index in [1.165, 1.54) is 0 Å². The molecular formula is C21H15N3O. The molecule has 0 saturated heterocycles. The first-order valence-corrected chi connectivity index (χ1v) is 8.01. The first-order valence-electron chi connectivity index (χ1n) is 8.01. The number of nitrogens with zero attached hydrogens (tertiary/aromatic N) is 3. The molecule has 25 heavy (non-hydrogen) atoms. The van der Waals surface area contributed by atoms with Crippen molar-refractivity contribution in [3.63, 3.8) is 0 Å². The summed E-state index contributed by atoms with van der Waals surface area (Å²) in [6.07, 6.45) is 0. The summed E-state index contributed by atoms with van der Waals surface area (Å²) in [7, 11) is 0. The third kappa shape index (κ3) is 2.85. The Kier molecular flexibility index (Phi) is 3.92. The van der Waals surface area contributed by atoms with E-state index in [0.29, 0.717) is 17.0 Å². The first-order chi connectivity index (χ1) is 12.3. The fraction of sp³-hybridized carbons (Fsp3) is 0. The second-order valence-corrected chi connectivity index (χ2v) is 5.60. The normalized spacial score (nSPS) is 10.6. The van der Waals surface area contributed by atoms with E-state index in [9.17, 15) is 4.79 Å². The van der Waals surface area contributed by atoms with Crippen molar-refractivity contribution in [2.75, 3.05) is 0 Å². The van der Waals surface area contributed by atoms with Crippen molar-refractivity contribution in [1.29, 1.82) is 0 Å². The van der Waals surface area contributed by atoms with Gasteiger partial charge in [-0.3, -0.25) is 4.79 Å². The third-order valence-electron chi connectivity index (χ3n) is 3.97. The van der Waals surface area contributed by atoms with Gasteiger partial charge in [-0.15, -0.1) is 5.10 Å². The molecule has 0 aliphatic rings. The van der Waals surface area contributed by atoms with Crippen LogP contribution in [0.25, 0.3) is 16.9 Å². The van der Waals surface area contributed by atoms with Gasteiger partial charge in [0.1, 0.15) is 5.69 Å². The summed E-state index contributed by atoms with van der Waals surface area (Å²) in [5, 5.41) is 8.46. The Morgan fingerprint density at radius 3 is 1.92 bits per heavy atom. The monoisotopic (exact) mass is 325 g/mol. The molecule has 0 radical (unpaired) electrons. The van der Waals surface area contributed by atoms with Gasteiger partial charge in [0, 0.05) is 11.1 Å². The maximum absolute atomic E-state index is 13.0. The molecule has 0 aliphatic carbocycles. The average molecular weight is 325 g/mol. The van der Waals surface area contributed by atoms with Crippen LogP contribution in [0.15, 0.2) is 91.0 Å². The topological polar surface area (TPSA) is 47.8 Å². The highest BCUT2D eigenvalue weighted by Crippen LogP contribution is 2.26. The van der Waals surface area contributed by atoms with E-state index in [1.54, 1.807) is 16.8 Å². The molecule has 0 amide bonds. The lowest BCUT2D eigenvalue weighted by Crippen LogP contribution is -2.05. The van der Waals surface area contributed by atoms with Gasteiger partial charge in [-0.1, -0.05) is 84.1 Å². The maximum Gasteiger partial charge on any atom is 0.215 e. The number of hydrogen-bond donors (Lipinski definition) is 0. The first kappa shape index (κ1) is 15.0. The van der Waals surface area contributed by atoms with Crippen LogP contribution in [-0.2, 0) is 0 Å². The fourth-order valence-electron chi connectivity index (χ4n) is 2.77. The molecule has 4 aromatic rings. The summed E-state index contributed by atoms with van der Waals surface area (Å²) in [5.74, 6) is -0.137. The quantitative estimate of drug-likeness (QED) is 0.529. The Morgan fingerprint density at radius 1 is 0.720 bits per heavy atom. The van der Waals surface area contributed by atoms with Crippen LogP contribution in [0, 0.1) is 0 Å². The van der Waals surface area contributed by atoms with Gasteiger partial charge >= 0.3 is 0 Å². The van der Waals surface area contributed by atoms with Crippen LogP contribution in [0.3, 0.4) is 0 Å². The number of carbonyl (C=O) groups excluding carboxylic acids is 1. The standard InChI is InChI=1S/C21H15N3O/c25-21(17-12-6-2-7-13-17)19-20(16-10-4-1-5-11-16)24(23-22-19)18-14-8-3-9-15-18/h1-15H. The van der Waals surface area contributed by atoms with E-state index in [4.69, 9.17) is 0 Å². The van der Waals surface area contributed by atoms with Gasteiger partial charge in [0.2, 0.25) is 5.78 Å². The Hall–Kier alpha value is -3.53. The number of hydrogen-bond acceptors (Lipinski definition) is 3. The van der Waals surface area contributed by atoms with Crippen LogP contribution >= 0.6 is 0 Å². The van der Waals surface area contributed by atoms with Gasteiger partial charge in [-0.05, 0) is 12.1 Å². The lowest BCUT2D eigenvalue weighted by Gasteiger charge is -2.08. The summed E-state index contributed by atoms with van der Waals surface area (Å²) in [6.45, 7) is 0. The largest absolute Gasteiger partial charge is 0.287 e. The van der Waals surface area contributed by atoms with E-state index in [1.807, 2.05) is 78.9 Å². The zero-order chi connectivity index (χ0) is 17.1. The minimum atomic E-state index is -0.137. The molecule has 0 aliphatic heterocycles. The summed E-state index contributed by atoms with van der Waals surface area (Å²) in [6, 6.07) is 28.6. The Labute approximate surface area is 145 Å². The number of para-hydroxylation sites is 1. The van der Waals surface area contributed by atoms with Gasteiger partial charge in [-0.2, -0.15) is 0 Å². The lowest BCUT2D eigenvalue weighted by atomic mass is 10.0. The average Bonchev–Trinajstić information content (AvgIpc) is 3.14. The van der Waals surface area contributed by atoms with Crippen LogP contribution < -0.4 is 0 Å². The highest BCUT2D eigenvalue weighted by Gasteiger charge is 2.22. The minimum Gasteiger partial charge on any atom is -0.287 e. The van der Waals surface area contributed by atoms with Gasteiger partial charge in [-0.25, -0.2) is 4.68 Å². The van der Waals surface area contributed by atoms with Crippen molar-refractivity contribution in [3.8, 4) is 16.9 Å².